The molecule has 2 unspecified atom stereocenters. The number of piperidine rings is 1. The molecule has 1 saturated heterocycles. The molecule has 2 atom stereocenters. The first-order valence-corrected chi connectivity index (χ1v) is 7.27. The van der Waals surface area contributed by atoms with Crippen molar-refractivity contribution in [2.45, 2.75) is 32.3 Å². The number of aliphatic hydroxyl groups excluding tert-OH is 1. The third kappa shape index (κ3) is 4.22. The van der Waals surface area contributed by atoms with Crippen LogP contribution in [0.3, 0.4) is 0 Å². The lowest BCUT2D eigenvalue weighted by atomic mass is 9.89. The van der Waals surface area contributed by atoms with Crippen molar-refractivity contribution in [1.29, 1.82) is 0 Å². The van der Waals surface area contributed by atoms with Crippen molar-refractivity contribution in [2.75, 3.05) is 26.7 Å². The topological polar surface area (TPSA) is 32.7 Å². The maximum absolute atomic E-state index is 10.1. The molecule has 0 aromatic heterocycles. The van der Waals surface area contributed by atoms with E-state index in [4.69, 9.17) is 4.74 Å². The van der Waals surface area contributed by atoms with E-state index in [1.807, 2.05) is 12.1 Å². The van der Waals surface area contributed by atoms with E-state index in [0.29, 0.717) is 5.92 Å². The third-order valence-corrected chi connectivity index (χ3v) is 3.77. The van der Waals surface area contributed by atoms with Crippen LogP contribution in [0, 0.1) is 5.92 Å². The van der Waals surface area contributed by atoms with E-state index >= 15 is 0 Å². The molecule has 1 N–H and O–H groups in total. The molecule has 2 rings (SSSR count). The van der Waals surface area contributed by atoms with Crippen molar-refractivity contribution in [3.8, 4) is 5.75 Å². The molecule has 1 aliphatic rings. The van der Waals surface area contributed by atoms with Gasteiger partial charge in [0, 0.05) is 19.0 Å². The highest BCUT2D eigenvalue weighted by atomic mass is 16.5. The minimum atomic E-state index is -0.170. The Balaban J connectivity index is 1.97. The number of hydrogen-bond donors (Lipinski definition) is 1. The van der Waals surface area contributed by atoms with Gasteiger partial charge in [-0.15, -0.1) is 0 Å². The van der Waals surface area contributed by atoms with Gasteiger partial charge in [-0.2, -0.15) is 0 Å². The molecule has 1 aromatic carbocycles. The Kier molecular flexibility index (Phi) is 5.23. The van der Waals surface area contributed by atoms with E-state index in [-0.39, 0.29) is 6.10 Å². The van der Waals surface area contributed by atoms with E-state index in [2.05, 4.69) is 31.0 Å². The van der Waals surface area contributed by atoms with Gasteiger partial charge < -0.3 is 14.7 Å². The van der Waals surface area contributed by atoms with E-state index in [1.54, 1.807) is 0 Å². The normalized spacial score (nSPS) is 24.4. The summed E-state index contributed by atoms with van der Waals surface area (Å²) in [5.41, 5.74) is 1.26. The highest BCUT2D eigenvalue weighted by Crippen LogP contribution is 2.22. The standard InChI is InChI=1S/C16H25NO2/c1-3-9-19-15-6-4-5-13(11-15)10-14-12-17(2)8-7-16(14)18/h4-6,11,14,16,18H,3,7-10,12H2,1-2H3. The molecule has 0 radical (unpaired) electrons. The number of likely N-dealkylation sites (tertiary alicyclic amines) is 1. The molecular formula is C16H25NO2. The van der Waals surface area contributed by atoms with Crippen LogP contribution in [0.4, 0.5) is 0 Å². The van der Waals surface area contributed by atoms with Crippen molar-refractivity contribution in [3.63, 3.8) is 0 Å². The van der Waals surface area contributed by atoms with Crippen LogP contribution in [0.2, 0.25) is 0 Å². The van der Waals surface area contributed by atoms with Crippen molar-refractivity contribution >= 4 is 0 Å². The van der Waals surface area contributed by atoms with Crippen LogP contribution in [0.15, 0.2) is 24.3 Å². The lowest BCUT2D eigenvalue weighted by molar-refractivity contribution is 0.0366. The summed E-state index contributed by atoms with van der Waals surface area (Å²) in [5, 5.41) is 10.1. The fourth-order valence-corrected chi connectivity index (χ4v) is 2.69. The first-order chi connectivity index (χ1) is 9.19. The summed E-state index contributed by atoms with van der Waals surface area (Å²) in [6.07, 6.45) is 2.66. The first kappa shape index (κ1) is 14.4. The van der Waals surface area contributed by atoms with Crippen molar-refractivity contribution in [3.05, 3.63) is 29.8 Å². The number of rotatable bonds is 5. The zero-order chi connectivity index (χ0) is 13.7. The molecule has 19 heavy (non-hydrogen) atoms. The van der Waals surface area contributed by atoms with Gasteiger partial charge in [0.1, 0.15) is 5.75 Å². The van der Waals surface area contributed by atoms with Gasteiger partial charge in [0.25, 0.3) is 0 Å². The van der Waals surface area contributed by atoms with Crippen molar-refractivity contribution < 1.29 is 9.84 Å². The average Bonchev–Trinajstić information content (AvgIpc) is 2.41. The van der Waals surface area contributed by atoms with Crippen LogP contribution < -0.4 is 4.74 Å². The number of hydrogen-bond acceptors (Lipinski definition) is 3. The molecule has 0 amide bonds. The zero-order valence-electron chi connectivity index (χ0n) is 12.0. The SMILES string of the molecule is CCCOc1cccc(CC2CN(C)CCC2O)c1. The average molecular weight is 263 g/mol. The second-order valence-electron chi connectivity index (χ2n) is 5.58. The molecular weight excluding hydrogens is 238 g/mol. The molecule has 0 saturated carbocycles. The molecule has 1 fully saturated rings. The Morgan fingerprint density at radius 2 is 2.26 bits per heavy atom. The van der Waals surface area contributed by atoms with Gasteiger partial charge in [-0.1, -0.05) is 19.1 Å². The molecule has 1 aliphatic heterocycles. The molecule has 3 heteroatoms. The lowest BCUT2D eigenvalue weighted by Crippen LogP contribution is -2.41. The van der Waals surface area contributed by atoms with Gasteiger partial charge in [-0.3, -0.25) is 0 Å². The Bertz CT molecular complexity index is 394. The summed E-state index contributed by atoms with van der Waals surface area (Å²) >= 11 is 0. The molecule has 106 valence electrons. The van der Waals surface area contributed by atoms with Crippen LogP contribution in [-0.4, -0.2) is 42.9 Å². The number of nitrogens with zero attached hydrogens (tertiary/aromatic N) is 1. The Hall–Kier alpha value is -1.06. The maximum atomic E-state index is 10.1. The first-order valence-electron chi connectivity index (χ1n) is 7.27. The van der Waals surface area contributed by atoms with Gasteiger partial charge in [0.05, 0.1) is 12.7 Å². The highest BCUT2D eigenvalue weighted by molar-refractivity contribution is 5.29. The van der Waals surface area contributed by atoms with Crippen LogP contribution in [-0.2, 0) is 6.42 Å². The molecule has 1 heterocycles. The lowest BCUT2D eigenvalue weighted by Gasteiger charge is -2.34. The van der Waals surface area contributed by atoms with Gasteiger partial charge in [-0.25, -0.2) is 0 Å². The third-order valence-electron chi connectivity index (χ3n) is 3.77. The van der Waals surface area contributed by atoms with E-state index in [0.717, 1.165) is 44.7 Å². The molecule has 0 bridgehead atoms. The summed E-state index contributed by atoms with van der Waals surface area (Å²) < 4.78 is 5.66. The van der Waals surface area contributed by atoms with E-state index < -0.39 is 0 Å². The van der Waals surface area contributed by atoms with Crippen LogP contribution in [0.25, 0.3) is 0 Å². The number of benzene rings is 1. The fraction of sp³-hybridized carbons (Fsp3) is 0.625. The maximum Gasteiger partial charge on any atom is 0.119 e. The quantitative estimate of drug-likeness (QED) is 0.885. The van der Waals surface area contributed by atoms with Gasteiger partial charge in [-0.05, 0) is 44.0 Å². The molecule has 3 nitrogen and oxygen atoms in total. The Morgan fingerprint density at radius 1 is 1.42 bits per heavy atom. The Labute approximate surface area is 116 Å². The molecule has 0 spiro atoms. The predicted molar refractivity (Wildman–Crippen MR) is 77.5 cm³/mol. The largest absolute Gasteiger partial charge is 0.494 e. The second kappa shape index (κ2) is 6.92. The fourth-order valence-electron chi connectivity index (χ4n) is 2.69. The predicted octanol–water partition coefficient (Wildman–Crippen LogP) is 2.33. The smallest absolute Gasteiger partial charge is 0.119 e. The highest BCUT2D eigenvalue weighted by Gasteiger charge is 2.25. The van der Waals surface area contributed by atoms with Crippen LogP contribution in [0.5, 0.6) is 5.75 Å². The zero-order valence-corrected chi connectivity index (χ0v) is 12.0. The van der Waals surface area contributed by atoms with Crippen LogP contribution in [0.1, 0.15) is 25.3 Å². The minimum absolute atomic E-state index is 0.170. The van der Waals surface area contributed by atoms with E-state index in [1.165, 1.54) is 5.56 Å². The minimum Gasteiger partial charge on any atom is -0.494 e. The summed E-state index contributed by atoms with van der Waals surface area (Å²) in [4.78, 5) is 2.30. The summed E-state index contributed by atoms with van der Waals surface area (Å²) in [5.74, 6) is 1.28. The molecule has 1 aromatic rings. The number of aliphatic hydroxyl groups is 1. The number of ether oxygens (including phenoxy) is 1. The van der Waals surface area contributed by atoms with Gasteiger partial charge in [0.15, 0.2) is 0 Å². The summed E-state index contributed by atoms with van der Waals surface area (Å²) in [6, 6.07) is 8.28. The Morgan fingerprint density at radius 3 is 3.05 bits per heavy atom. The second-order valence-corrected chi connectivity index (χ2v) is 5.58. The van der Waals surface area contributed by atoms with Crippen molar-refractivity contribution in [1.82, 2.24) is 4.90 Å². The molecule has 0 aliphatic carbocycles. The van der Waals surface area contributed by atoms with Crippen LogP contribution >= 0.6 is 0 Å². The van der Waals surface area contributed by atoms with E-state index in [9.17, 15) is 5.11 Å². The van der Waals surface area contributed by atoms with Gasteiger partial charge >= 0.3 is 0 Å². The van der Waals surface area contributed by atoms with Gasteiger partial charge in [0.2, 0.25) is 0 Å². The summed E-state index contributed by atoms with van der Waals surface area (Å²) in [7, 11) is 2.12. The summed E-state index contributed by atoms with van der Waals surface area (Å²) in [6.45, 7) is 4.84. The monoisotopic (exact) mass is 263 g/mol. The van der Waals surface area contributed by atoms with Crippen molar-refractivity contribution in [2.24, 2.45) is 5.92 Å².